The second-order valence-electron chi connectivity index (χ2n) is 4.61. The zero-order chi connectivity index (χ0) is 18.1. The van der Waals surface area contributed by atoms with Crippen molar-refractivity contribution in [1.82, 2.24) is 5.32 Å². The number of rotatable bonds is 7. The first kappa shape index (κ1) is 19.0. The van der Waals surface area contributed by atoms with Crippen molar-refractivity contribution in [2.45, 2.75) is 20.0 Å². The fourth-order valence-corrected chi connectivity index (χ4v) is 1.72. The van der Waals surface area contributed by atoms with Crippen LogP contribution in [-0.4, -0.2) is 37.7 Å². The molecule has 8 heteroatoms. The van der Waals surface area contributed by atoms with Gasteiger partial charge < -0.3 is 19.9 Å². The smallest absolute Gasteiger partial charge is 0.331 e. The Morgan fingerprint density at radius 2 is 2.00 bits per heavy atom. The van der Waals surface area contributed by atoms with E-state index in [1.807, 2.05) is 12.2 Å². The molecule has 0 aliphatic heterocycles. The number of amides is 3. The normalized spacial score (nSPS) is 11.6. The first-order valence-electron chi connectivity index (χ1n) is 7.17. The lowest BCUT2D eigenvalue weighted by molar-refractivity contribution is -0.149. The van der Waals surface area contributed by atoms with Gasteiger partial charge in [-0.3, -0.25) is 10.1 Å². The molecule has 1 rings (SSSR count). The number of nitrogens with two attached hydrogens (primary N) is 1. The molecular formula is C16H20N2O6. The lowest BCUT2D eigenvalue weighted by Crippen LogP contribution is -2.42. The zero-order valence-electron chi connectivity index (χ0n) is 13.7. The Morgan fingerprint density at radius 1 is 1.29 bits per heavy atom. The molecule has 0 spiro atoms. The Morgan fingerprint density at radius 3 is 2.58 bits per heavy atom. The van der Waals surface area contributed by atoms with Crippen molar-refractivity contribution >= 4 is 24.0 Å². The lowest BCUT2D eigenvalue weighted by atomic mass is 10.2. The Bertz CT molecular complexity index is 641. The van der Waals surface area contributed by atoms with Gasteiger partial charge in [-0.15, -0.1) is 0 Å². The maximum absolute atomic E-state index is 11.7. The van der Waals surface area contributed by atoms with Crippen LogP contribution in [0.15, 0.2) is 24.3 Å². The maximum atomic E-state index is 11.7. The minimum Gasteiger partial charge on any atom is -0.493 e. The monoisotopic (exact) mass is 336 g/mol. The van der Waals surface area contributed by atoms with E-state index < -0.39 is 24.0 Å². The van der Waals surface area contributed by atoms with E-state index in [2.05, 4.69) is 0 Å². The number of carbonyl (C=O) groups excluding carboxylic acids is 3. The number of imide groups is 1. The van der Waals surface area contributed by atoms with E-state index in [9.17, 15) is 14.4 Å². The third-order valence-corrected chi connectivity index (χ3v) is 2.81. The second kappa shape index (κ2) is 9.19. The lowest BCUT2D eigenvalue weighted by Gasteiger charge is -2.10. The van der Waals surface area contributed by atoms with E-state index in [0.717, 1.165) is 6.08 Å². The minimum atomic E-state index is -1.15. The third-order valence-electron chi connectivity index (χ3n) is 2.81. The van der Waals surface area contributed by atoms with Crippen molar-refractivity contribution in [1.29, 1.82) is 0 Å². The zero-order valence-corrected chi connectivity index (χ0v) is 13.7. The van der Waals surface area contributed by atoms with Gasteiger partial charge in [0.1, 0.15) is 0 Å². The fraction of sp³-hybridized carbons (Fsp3) is 0.312. The molecule has 1 aromatic rings. The molecule has 1 aromatic carbocycles. The van der Waals surface area contributed by atoms with Gasteiger partial charge in [0, 0.05) is 6.08 Å². The van der Waals surface area contributed by atoms with E-state index in [-0.39, 0.29) is 0 Å². The molecule has 0 radical (unpaired) electrons. The molecule has 0 heterocycles. The molecule has 3 amide bonds. The summed E-state index contributed by atoms with van der Waals surface area (Å²) in [5.41, 5.74) is 5.50. The van der Waals surface area contributed by atoms with Crippen LogP contribution >= 0.6 is 0 Å². The molecule has 0 saturated heterocycles. The summed E-state index contributed by atoms with van der Waals surface area (Å²) in [6.45, 7) is 3.64. The predicted molar refractivity (Wildman–Crippen MR) is 86.5 cm³/mol. The van der Waals surface area contributed by atoms with Crippen LogP contribution in [-0.2, 0) is 14.3 Å². The van der Waals surface area contributed by atoms with Gasteiger partial charge in [0.2, 0.25) is 0 Å². The number of ether oxygens (including phenoxy) is 3. The number of carbonyl (C=O) groups is 3. The van der Waals surface area contributed by atoms with Crippen LogP contribution in [0.2, 0.25) is 0 Å². The van der Waals surface area contributed by atoms with Gasteiger partial charge in [0.05, 0.1) is 13.7 Å². The van der Waals surface area contributed by atoms with Crippen LogP contribution in [0.5, 0.6) is 11.5 Å². The number of primary amides is 1. The standard InChI is InChI=1S/C16H20N2O6/c1-4-23-13-9-11(5-7-12(13)22-3)6-8-14(19)24-10(2)15(20)18-16(17)21/h5-10H,4H2,1-3H3,(H3,17,18,20,21)/b8-6+/t10-/m0/s1. The highest BCUT2D eigenvalue weighted by Crippen LogP contribution is 2.28. The van der Waals surface area contributed by atoms with E-state index in [0.29, 0.717) is 23.7 Å². The summed E-state index contributed by atoms with van der Waals surface area (Å²) < 4.78 is 15.5. The van der Waals surface area contributed by atoms with Crippen LogP contribution < -0.4 is 20.5 Å². The van der Waals surface area contributed by atoms with E-state index in [1.54, 1.807) is 18.2 Å². The summed E-state index contributed by atoms with van der Waals surface area (Å²) in [5, 5.41) is 1.82. The SMILES string of the molecule is CCOc1cc(/C=C/C(=O)O[C@@H](C)C(=O)NC(N)=O)ccc1OC. The molecular weight excluding hydrogens is 316 g/mol. The van der Waals surface area contributed by atoms with Crippen molar-refractivity contribution in [2.24, 2.45) is 5.73 Å². The molecule has 130 valence electrons. The molecule has 0 saturated carbocycles. The average Bonchev–Trinajstić information content (AvgIpc) is 2.52. The van der Waals surface area contributed by atoms with Gasteiger partial charge in [0.15, 0.2) is 17.6 Å². The van der Waals surface area contributed by atoms with Crippen LogP contribution in [0, 0.1) is 0 Å². The number of esters is 1. The Balaban J connectivity index is 2.71. The molecule has 1 atom stereocenters. The van der Waals surface area contributed by atoms with Crippen molar-refractivity contribution in [3.63, 3.8) is 0 Å². The highest BCUT2D eigenvalue weighted by molar-refractivity contribution is 5.97. The highest BCUT2D eigenvalue weighted by atomic mass is 16.5. The summed E-state index contributed by atoms with van der Waals surface area (Å²) in [4.78, 5) is 33.7. The van der Waals surface area contributed by atoms with Crippen LogP contribution in [0.4, 0.5) is 4.79 Å². The molecule has 24 heavy (non-hydrogen) atoms. The van der Waals surface area contributed by atoms with Gasteiger partial charge in [-0.05, 0) is 37.6 Å². The molecule has 0 fully saturated rings. The van der Waals surface area contributed by atoms with Crippen molar-refractivity contribution in [3.8, 4) is 11.5 Å². The minimum absolute atomic E-state index is 0.470. The van der Waals surface area contributed by atoms with Gasteiger partial charge in [0.25, 0.3) is 5.91 Å². The van der Waals surface area contributed by atoms with Crippen molar-refractivity contribution < 1.29 is 28.6 Å². The number of urea groups is 1. The number of hydrogen-bond donors (Lipinski definition) is 2. The summed E-state index contributed by atoms with van der Waals surface area (Å²) in [7, 11) is 1.53. The molecule has 0 aromatic heterocycles. The van der Waals surface area contributed by atoms with E-state index in [4.69, 9.17) is 19.9 Å². The maximum Gasteiger partial charge on any atom is 0.331 e. The average molecular weight is 336 g/mol. The van der Waals surface area contributed by atoms with Gasteiger partial charge in [-0.25, -0.2) is 9.59 Å². The number of nitrogens with one attached hydrogen (secondary N) is 1. The number of hydrogen-bond acceptors (Lipinski definition) is 6. The first-order valence-corrected chi connectivity index (χ1v) is 7.17. The molecule has 8 nitrogen and oxygen atoms in total. The summed E-state index contributed by atoms with van der Waals surface area (Å²) >= 11 is 0. The fourth-order valence-electron chi connectivity index (χ4n) is 1.72. The number of benzene rings is 1. The predicted octanol–water partition coefficient (Wildman–Crippen LogP) is 1.23. The molecule has 0 bridgehead atoms. The molecule has 3 N–H and O–H groups in total. The highest BCUT2D eigenvalue weighted by Gasteiger charge is 2.17. The number of methoxy groups -OCH3 is 1. The van der Waals surface area contributed by atoms with Gasteiger partial charge in [-0.2, -0.15) is 0 Å². The molecule has 0 unspecified atom stereocenters. The summed E-state index contributed by atoms with van der Waals surface area (Å²) in [6.07, 6.45) is 1.51. The van der Waals surface area contributed by atoms with Gasteiger partial charge >= 0.3 is 12.0 Å². The molecule has 0 aliphatic carbocycles. The Labute approximate surface area is 139 Å². The topological polar surface area (TPSA) is 117 Å². The van der Waals surface area contributed by atoms with Crippen LogP contribution in [0.25, 0.3) is 6.08 Å². The largest absolute Gasteiger partial charge is 0.493 e. The Hall–Kier alpha value is -3.03. The van der Waals surface area contributed by atoms with Crippen molar-refractivity contribution in [2.75, 3.05) is 13.7 Å². The third kappa shape index (κ3) is 5.99. The van der Waals surface area contributed by atoms with E-state index >= 15 is 0 Å². The quantitative estimate of drug-likeness (QED) is 0.571. The Kier molecular flexibility index (Phi) is 7.28. The van der Waals surface area contributed by atoms with Crippen molar-refractivity contribution in [3.05, 3.63) is 29.8 Å². The summed E-state index contributed by atoms with van der Waals surface area (Å²) in [6, 6.07) is 4.13. The van der Waals surface area contributed by atoms with Gasteiger partial charge in [-0.1, -0.05) is 6.07 Å². The first-order chi connectivity index (χ1) is 11.4. The second-order valence-corrected chi connectivity index (χ2v) is 4.61. The van der Waals surface area contributed by atoms with Crippen LogP contribution in [0.3, 0.4) is 0 Å². The van der Waals surface area contributed by atoms with E-state index in [1.165, 1.54) is 20.1 Å². The molecule has 0 aliphatic rings. The summed E-state index contributed by atoms with van der Waals surface area (Å²) in [5.74, 6) is -0.415. The van der Waals surface area contributed by atoms with Crippen LogP contribution in [0.1, 0.15) is 19.4 Å².